The zero-order valence-corrected chi connectivity index (χ0v) is 16.7. The van der Waals surface area contributed by atoms with Crippen LogP contribution in [-0.2, 0) is 0 Å². The summed E-state index contributed by atoms with van der Waals surface area (Å²) < 4.78 is 10.8. The number of rotatable bonds is 8. The summed E-state index contributed by atoms with van der Waals surface area (Å²) in [6.45, 7) is 4.00. The molecule has 0 radical (unpaired) electrons. The highest BCUT2D eigenvalue weighted by Gasteiger charge is 2.29. The van der Waals surface area contributed by atoms with Gasteiger partial charge in [0.2, 0.25) is 0 Å². The molecule has 0 aliphatic rings. The van der Waals surface area contributed by atoms with Gasteiger partial charge in [0.15, 0.2) is 0 Å². The van der Waals surface area contributed by atoms with Gasteiger partial charge >= 0.3 is 0 Å². The lowest BCUT2D eigenvalue weighted by atomic mass is 9.79. The van der Waals surface area contributed by atoms with E-state index in [9.17, 15) is 5.11 Å². The molecule has 0 saturated heterocycles. The highest BCUT2D eigenvalue weighted by molar-refractivity contribution is 6.42. The molecule has 2 atom stereocenters. The molecule has 0 aromatic heterocycles. The number of ether oxygens (including phenoxy) is 2. The summed E-state index contributed by atoms with van der Waals surface area (Å²) in [4.78, 5) is 0. The van der Waals surface area contributed by atoms with E-state index in [0.717, 1.165) is 11.3 Å². The molecule has 6 heteroatoms. The maximum atomic E-state index is 10.5. The van der Waals surface area contributed by atoms with Crippen molar-refractivity contribution >= 4 is 23.2 Å². The molecule has 26 heavy (non-hydrogen) atoms. The Labute approximate surface area is 164 Å². The average Bonchev–Trinajstić information content (AvgIpc) is 2.60. The molecule has 0 heterocycles. The number of nitrogens with two attached hydrogens (primary N) is 1. The van der Waals surface area contributed by atoms with Crippen LogP contribution in [0.25, 0.3) is 0 Å². The van der Waals surface area contributed by atoms with Crippen LogP contribution in [0.2, 0.25) is 10.0 Å². The second kappa shape index (κ2) is 8.96. The van der Waals surface area contributed by atoms with Crippen molar-refractivity contribution in [3.05, 3.63) is 58.1 Å². The van der Waals surface area contributed by atoms with Crippen LogP contribution in [0.5, 0.6) is 11.5 Å². The van der Waals surface area contributed by atoms with Crippen molar-refractivity contribution in [1.29, 1.82) is 0 Å². The zero-order chi connectivity index (χ0) is 19.3. The van der Waals surface area contributed by atoms with E-state index in [0.29, 0.717) is 22.2 Å². The first-order valence-corrected chi connectivity index (χ1v) is 9.15. The summed E-state index contributed by atoms with van der Waals surface area (Å²) in [7, 11) is 1.63. The molecule has 0 aliphatic carbocycles. The summed E-state index contributed by atoms with van der Waals surface area (Å²) in [5, 5.41) is 11.2. The molecule has 0 aliphatic heterocycles. The third kappa shape index (κ3) is 5.52. The Bertz CT molecular complexity index is 714. The van der Waals surface area contributed by atoms with Crippen LogP contribution in [0, 0.1) is 0 Å². The number of hydrogen-bond donors (Lipinski definition) is 2. The molecule has 142 valence electrons. The first-order chi connectivity index (χ1) is 12.2. The van der Waals surface area contributed by atoms with Gasteiger partial charge in [-0.3, -0.25) is 0 Å². The number of halogens is 2. The van der Waals surface area contributed by atoms with E-state index in [1.54, 1.807) is 25.3 Å². The van der Waals surface area contributed by atoms with Gasteiger partial charge in [0.1, 0.15) is 23.1 Å². The first-order valence-electron chi connectivity index (χ1n) is 8.40. The third-order valence-corrected chi connectivity index (χ3v) is 5.07. The fourth-order valence-corrected chi connectivity index (χ4v) is 3.17. The molecular formula is C20H25Cl2NO3. The minimum atomic E-state index is -0.708. The van der Waals surface area contributed by atoms with Crippen LogP contribution in [0.3, 0.4) is 0 Å². The lowest BCUT2D eigenvalue weighted by Crippen LogP contribution is -2.41. The minimum absolute atomic E-state index is 0.0539. The summed E-state index contributed by atoms with van der Waals surface area (Å²) in [5.74, 6) is 1.18. The highest BCUT2D eigenvalue weighted by Crippen LogP contribution is 2.34. The predicted octanol–water partition coefficient (Wildman–Crippen LogP) is 4.65. The number of aliphatic hydroxyl groups is 1. The standard InChI is InChI=1S/C20H25Cl2NO3/c1-20(2,23)16(13-7-9-15(25-3)10-8-13)11-14(24)12-26-18-6-4-5-17(21)19(18)22/h4-10,14,16,24H,11-12,23H2,1-3H3/t14-,16?/m1/s1. The van der Waals surface area contributed by atoms with Crippen molar-refractivity contribution in [2.45, 2.75) is 37.8 Å². The minimum Gasteiger partial charge on any atom is -0.497 e. The van der Waals surface area contributed by atoms with Crippen LogP contribution >= 0.6 is 23.2 Å². The Hall–Kier alpha value is -1.46. The van der Waals surface area contributed by atoms with Crippen LogP contribution in [-0.4, -0.2) is 30.5 Å². The Morgan fingerprint density at radius 2 is 1.77 bits per heavy atom. The van der Waals surface area contributed by atoms with E-state index >= 15 is 0 Å². The number of benzene rings is 2. The van der Waals surface area contributed by atoms with E-state index in [1.165, 1.54) is 0 Å². The van der Waals surface area contributed by atoms with Gasteiger partial charge < -0.3 is 20.3 Å². The molecule has 2 aromatic rings. The summed E-state index contributed by atoms with van der Waals surface area (Å²) in [5.41, 5.74) is 6.89. The Balaban J connectivity index is 2.06. The van der Waals surface area contributed by atoms with Gasteiger partial charge in [-0.1, -0.05) is 41.4 Å². The van der Waals surface area contributed by atoms with Gasteiger partial charge in [0.05, 0.1) is 18.2 Å². The van der Waals surface area contributed by atoms with E-state index in [-0.39, 0.29) is 12.5 Å². The second-order valence-corrected chi connectivity index (χ2v) is 7.68. The normalized spacial score (nSPS) is 14.0. The molecule has 2 rings (SSSR count). The van der Waals surface area contributed by atoms with Gasteiger partial charge in [-0.25, -0.2) is 0 Å². The summed E-state index contributed by atoms with van der Waals surface area (Å²) in [6, 6.07) is 12.9. The Morgan fingerprint density at radius 3 is 2.35 bits per heavy atom. The zero-order valence-electron chi connectivity index (χ0n) is 15.2. The number of aliphatic hydroxyl groups excluding tert-OH is 1. The van der Waals surface area contributed by atoms with E-state index in [2.05, 4.69) is 0 Å². The van der Waals surface area contributed by atoms with Gasteiger partial charge in [-0.05, 0) is 50.1 Å². The molecule has 0 saturated carbocycles. The van der Waals surface area contributed by atoms with E-state index in [4.69, 9.17) is 38.4 Å². The SMILES string of the molecule is COc1ccc(C(C[C@@H](O)COc2cccc(Cl)c2Cl)C(C)(C)N)cc1. The largest absolute Gasteiger partial charge is 0.497 e. The quantitative estimate of drug-likeness (QED) is 0.679. The molecular weight excluding hydrogens is 373 g/mol. The number of methoxy groups -OCH3 is 1. The molecule has 0 fully saturated rings. The van der Waals surface area contributed by atoms with Crippen LogP contribution in [0.15, 0.2) is 42.5 Å². The van der Waals surface area contributed by atoms with E-state index in [1.807, 2.05) is 38.1 Å². The van der Waals surface area contributed by atoms with Crippen molar-refractivity contribution in [3.63, 3.8) is 0 Å². The smallest absolute Gasteiger partial charge is 0.139 e. The van der Waals surface area contributed by atoms with Gasteiger partial charge in [-0.15, -0.1) is 0 Å². The van der Waals surface area contributed by atoms with Crippen LogP contribution < -0.4 is 15.2 Å². The monoisotopic (exact) mass is 397 g/mol. The summed E-state index contributed by atoms with van der Waals surface area (Å²) >= 11 is 12.1. The lowest BCUT2D eigenvalue weighted by molar-refractivity contribution is 0.0862. The Morgan fingerprint density at radius 1 is 1.12 bits per heavy atom. The lowest BCUT2D eigenvalue weighted by Gasteiger charge is -2.32. The maximum Gasteiger partial charge on any atom is 0.139 e. The molecule has 0 spiro atoms. The third-order valence-electron chi connectivity index (χ3n) is 4.27. The van der Waals surface area contributed by atoms with Crippen molar-refractivity contribution in [2.24, 2.45) is 5.73 Å². The summed E-state index contributed by atoms with van der Waals surface area (Å²) in [6.07, 6.45) is -0.256. The van der Waals surface area contributed by atoms with Gasteiger partial charge in [0.25, 0.3) is 0 Å². The van der Waals surface area contributed by atoms with Gasteiger partial charge in [0, 0.05) is 11.5 Å². The second-order valence-electron chi connectivity index (χ2n) is 6.90. The predicted molar refractivity (Wildman–Crippen MR) is 107 cm³/mol. The van der Waals surface area contributed by atoms with Crippen molar-refractivity contribution < 1.29 is 14.6 Å². The molecule has 4 nitrogen and oxygen atoms in total. The molecule has 1 unspecified atom stereocenters. The fourth-order valence-electron chi connectivity index (χ4n) is 2.83. The van der Waals surface area contributed by atoms with Crippen molar-refractivity contribution in [1.82, 2.24) is 0 Å². The maximum absolute atomic E-state index is 10.5. The topological polar surface area (TPSA) is 64.7 Å². The molecule has 0 bridgehead atoms. The molecule has 2 aromatic carbocycles. The van der Waals surface area contributed by atoms with Crippen LogP contribution in [0.1, 0.15) is 31.7 Å². The van der Waals surface area contributed by atoms with Crippen molar-refractivity contribution in [2.75, 3.05) is 13.7 Å². The van der Waals surface area contributed by atoms with Crippen molar-refractivity contribution in [3.8, 4) is 11.5 Å². The van der Waals surface area contributed by atoms with Gasteiger partial charge in [-0.2, -0.15) is 0 Å². The van der Waals surface area contributed by atoms with Crippen LogP contribution in [0.4, 0.5) is 0 Å². The van der Waals surface area contributed by atoms with E-state index < -0.39 is 11.6 Å². The average molecular weight is 398 g/mol. The highest BCUT2D eigenvalue weighted by atomic mass is 35.5. The fraction of sp³-hybridized carbons (Fsp3) is 0.400. The Kier molecular flexibility index (Phi) is 7.18. The first kappa shape index (κ1) is 20.8. The molecule has 3 N–H and O–H groups in total. The number of hydrogen-bond acceptors (Lipinski definition) is 4. The molecule has 0 amide bonds.